The molecule has 6 rings (SSSR count). The second kappa shape index (κ2) is 13.9. The molecule has 2 aliphatic rings. The fraction of sp³-hybridized carbons (Fsp3) is 0.400. The predicted molar refractivity (Wildman–Crippen MR) is 180 cm³/mol. The highest BCUT2D eigenvalue weighted by Crippen LogP contribution is 2.34. The first-order chi connectivity index (χ1) is 22.2. The van der Waals surface area contributed by atoms with Gasteiger partial charge in [0.1, 0.15) is 49.3 Å². The fourth-order valence-corrected chi connectivity index (χ4v) is 5.67. The summed E-state index contributed by atoms with van der Waals surface area (Å²) < 4.78 is 28.1. The molecule has 2 saturated heterocycles. The molecule has 0 radical (unpaired) electrons. The second-order valence-corrected chi connectivity index (χ2v) is 13.6. The molecule has 2 fully saturated rings. The molecule has 3 atom stereocenters. The summed E-state index contributed by atoms with van der Waals surface area (Å²) in [4.78, 5) is 0. The molecule has 0 amide bonds. The Hall–Kier alpha value is -3.84. The van der Waals surface area contributed by atoms with Crippen LogP contribution in [0.1, 0.15) is 61.9 Å². The van der Waals surface area contributed by atoms with Gasteiger partial charge in [-0.1, -0.05) is 88.4 Å². The molecule has 4 aromatic carbocycles. The quantitative estimate of drug-likeness (QED) is 0.133. The summed E-state index contributed by atoms with van der Waals surface area (Å²) in [7, 11) is 0. The van der Waals surface area contributed by atoms with Gasteiger partial charge < -0.3 is 28.8 Å². The lowest BCUT2D eigenvalue weighted by Gasteiger charge is -2.27. The number of benzene rings is 4. The van der Waals surface area contributed by atoms with E-state index in [9.17, 15) is 5.11 Å². The molecule has 1 N–H and O–H groups in total. The van der Waals surface area contributed by atoms with Crippen molar-refractivity contribution < 1.29 is 28.8 Å². The van der Waals surface area contributed by atoms with E-state index in [1.54, 1.807) is 0 Å². The van der Waals surface area contributed by atoms with Crippen molar-refractivity contribution >= 4 is 0 Å². The Morgan fingerprint density at radius 2 is 0.957 bits per heavy atom. The molecule has 3 unspecified atom stereocenters. The van der Waals surface area contributed by atoms with Crippen LogP contribution < -0.4 is 14.2 Å². The molecule has 0 spiro atoms. The second-order valence-electron chi connectivity index (χ2n) is 13.6. The summed E-state index contributed by atoms with van der Waals surface area (Å²) >= 11 is 0. The predicted octanol–water partition coefficient (Wildman–Crippen LogP) is 7.27. The van der Waals surface area contributed by atoms with Gasteiger partial charge in [0.15, 0.2) is 0 Å². The summed E-state index contributed by atoms with van der Waals surface area (Å²) in [5.74, 6) is 2.29. The van der Waals surface area contributed by atoms with E-state index in [-0.39, 0.29) is 30.1 Å². The lowest BCUT2D eigenvalue weighted by atomic mass is 9.78. The van der Waals surface area contributed by atoms with Crippen LogP contribution in [0.15, 0.2) is 97.1 Å². The van der Waals surface area contributed by atoms with E-state index in [4.69, 9.17) is 23.7 Å². The van der Waals surface area contributed by atoms with Crippen LogP contribution in [0, 0.1) is 0 Å². The van der Waals surface area contributed by atoms with Gasteiger partial charge in [0.25, 0.3) is 0 Å². The first kappa shape index (κ1) is 32.1. The van der Waals surface area contributed by atoms with E-state index in [0.29, 0.717) is 18.5 Å². The van der Waals surface area contributed by atoms with Crippen molar-refractivity contribution in [2.75, 3.05) is 33.0 Å². The van der Waals surface area contributed by atoms with Gasteiger partial charge in [0.05, 0.1) is 19.3 Å². The number of epoxide rings is 2. The van der Waals surface area contributed by atoms with Crippen LogP contribution in [-0.2, 0) is 26.7 Å². The highest BCUT2D eigenvalue weighted by atomic mass is 16.6. The van der Waals surface area contributed by atoms with Crippen LogP contribution in [-0.4, -0.2) is 56.5 Å². The third kappa shape index (κ3) is 8.30. The molecular formula is C40H46O6. The average molecular weight is 623 g/mol. The maximum Gasteiger partial charge on any atom is 0.122 e. The zero-order valence-electron chi connectivity index (χ0n) is 27.4. The Labute approximate surface area is 273 Å². The first-order valence-electron chi connectivity index (χ1n) is 16.4. The van der Waals surface area contributed by atoms with Gasteiger partial charge in [-0.3, -0.25) is 0 Å². The minimum atomic E-state index is -0.760. The van der Waals surface area contributed by atoms with Crippen molar-refractivity contribution in [1.29, 1.82) is 0 Å². The van der Waals surface area contributed by atoms with E-state index in [1.165, 1.54) is 27.8 Å². The molecule has 0 bridgehead atoms. The maximum absolute atomic E-state index is 10.6. The average Bonchev–Trinajstić information content (AvgIpc) is 4.01. The third-order valence-electron chi connectivity index (χ3n) is 9.28. The topological polar surface area (TPSA) is 73.0 Å². The van der Waals surface area contributed by atoms with Gasteiger partial charge in [-0.15, -0.1) is 0 Å². The maximum atomic E-state index is 10.6. The number of aryl methyl sites for hydroxylation is 1. The highest BCUT2D eigenvalue weighted by Gasteiger charge is 2.26. The van der Waals surface area contributed by atoms with Crippen molar-refractivity contribution in [3.05, 3.63) is 125 Å². The minimum Gasteiger partial charge on any atom is -0.491 e. The van der Waals surface area contributed by atoms with Gasteiger partial charge in [-0.2, -0.15) is 0 Å². The Balaban J connectivity index is 0.952. The normalized spacial score (nSPS) is 18.1. The summed E-state index contributed by atoms with van der Waals surface area (Å²) in [5.41, 5.74) is 5.88. The molecule has 0 aliphatic carbocycles. The smallest absolute Gasteiger partial charge is 0.122 e. The molecule has 0 aromatic heterocycles. The molecule has 0 saturated carbocycles. The van der Waals surface area contributed by atoms with Crippen molar-refractivity contribution in [3.8, 4) is 17.2 Å². The zero-order chi connectivity index (χ0) is 32.1. The van der Waals surface area contributed by atoms with E-state index in [0.717, 1.165) is 37.6 Å². The van der Waals surface area contributed by atoms with Crippen molar-refractivity contribution in [2.24, 2.45) is 0 Å². The molecule has 2 aliphatic heterocycles. The lowest BCUT2D eigenvalue weighted by Crippen LogP contribution is -2.25. The van der Waals surface area contributed by atoms with E-state index >= 15 is 0 Å². The third-order valence-corrected chi connectivity index (χ3v) is 9.28. The minimum absolute atomic E-state index is 0.139. The fourth-order valence-electron chi connectivity index (χ4n) is 5.67. The van der Waals surface area contributed by atoms with Crippen molar-refractivity contribution in [3.63, 3.8) is 0 Å². The van der Waals surface area contributed by atoms with Gasteiger partial charge in [-0.25, -0.2) is 0 Å². The standard InChI is InChI=1S/C40H46O6/c1-39(2,29-8-5-28(6-9-29)7-16-37-25-45-37)30-10-17-34(18-11-30)42-23-33(41)24-43-35-19-12-31(13-20-35)40(3,4)32-14-21-36(22-15-32)44-26-38-27-46-38/h5-6,8-15,17-22,33,37-38,41H,7,16,23-27H2,1-4H3. The van der Waals surface area contributed by atoms with Crippen molar-refractivity contribution in [1.82, 2.24) is 0 Å². The van der Waals surface area contributed by atoms with E-state index in [2.05, 4.69) is 88.4 Å². The molecule has 2 heterocycles. The van der Waals surface area contributed by atoms with Gasteiger partial charge in [0, 0.05) is 10.8 Å². The Morgan fingerprint density at radius 1 is 0.587 bits per heavy atom. The summed E-state index contributed by atoms with van der Waals surface area (Å²) in [5, 5.41) is 10.6. The lowest BCUT2D eigenvalue weighted by molar-refractivity contribution is 0.0626. The number of aliphatic hydroxyl groups is 1. The number of hydrogen-bond donors (Lipinski definition) is 1. The summed E-state index contributed by atoms with van der Waals surface area (Å²) in [6.07, 6.45) is 2.10. The van der Waals surface area contributed by atoms with Crippen molar-refractivity contribution in [2.45, 2.75) is 69.7 Å². The van der Waals surface area contributed by atoms with Crippen LogP contribution in [0.25, 0.3) is 0 Å². The highest BCUT2D eigenvalue weighted by molar-refractivity contribution is 5.43. The monoisotopic (exact) mass is 622 g/mol. The number of hydrogen-bond acceptors (Lipinski definition) is 6. The Bertz CT molecular complexity index is 1410. The summed E-state index contributed by atoms with van der Waals surface area (Å²) in [6.45, 7) is 11.5. The number of aliphatic hydroxyl groups excluding tert-OH is 1. The number of ether oxygens (including phenoxy) is 5. The molecule has 4 aromatic rings. The van der Waals surface area contributed by atoms with Crippen LogP contribution >= 0.6 is 0 Å². The Morgan fingerprint density at radius 3 is 1.35 bits per heavy atom. The first-order valence-corrected chi connectivity index (χ1v) is 16.4. The number of rotatable bonds is 16. The van der Waals surface area contributed by atoms with Gasteiger partial charge in [-0.05, 0) is 77.1 Å². The van der Waals surface area contributed by atoms with Crippen LogP contribution in [0.3, 0.4) is 0 Å². The van der Waals surface area contributed by atoms with Crippen LogP contribution in [0.5, 0.6) is 17.2 Å². The molecule has 6 heteroatoms. The van der Waals surface area contributed by atoms with E-state index in [1.807, 2.05) is 36.4 Å². The SMILES string of the molecule is CC(C)(c1ccc(CCC2CO2)cc1)c1ccc(OCC(O)COc2ccc(C(C)(C)c3ccc(OCC4CO4)cc3)cc2)cc1. The molecule has 46 heavy (non-hydrogen) atoms. The van der Waals surface area contributed by atoms with Gasteiger partial charge in [0.2, 0.25) is 0 Å². The molecule has 242 valence electrons. The van der Waals surface area contributed by atoms with E-state index < -0.39 is 6.10 Å². The largest absolute Gasteiger partial charge is 0.491 e. The van der Waals surface area contributed by atoms with Crippen LogP contribution in [0.2, 0.25) is 0 Å². The van der Waals surface area contributed by atoms with Gasteiger partial charge >= 0.3 is 0 Å². The molecular weight excluding hydrogens is 576 g/mol. The summed E-state index contributed by atoms with van der Waals surface area (Å²) in [6, 6.07) is 33.4. The Kier molecular flexibility index (Phi) is 9.69. The van der Waals surface area contributed by atoms with Crippen LogP contribution in [0.4, 0.5) is 0 Å². The molecule has 6 nitrogen and oxygen atoms in total. The zero-order valence-corrected chi connectivity index (χ0v) is 27.4.